The van der Waals surface area contributed by atoms with Crippen molar-refractivity contribution in [2.45, 2.75) is 32.6 Å². The van der Waals surface area contributed by atoms with Gasteiger partial charge in [0.2, 0.25) is 0 Å². The van der Waals surface area contributed by atoms with Gasteiger partial charge in [0.25, 0.3) is 0 Å². The number of fused-ring (bicyclic) bond motifs is 1. The Morgan fingerprint density at radius 1 is 1.34 bits per heavy atom. The average Bonchev–Trinajstić information content (AvgIpc) is 3.49. The maximum Gasteiger partial charge on any atom is 0.308 e. The van der Waals surface area contributed by atoms with Crippen molar-refractivity contribution >= 4 is 44.4 Å². The number of carbonyl (C=O) groups is 1. The molecule has 0 saturated heterocycles. The molecule has 0 atom stereocenters. The SMILES string of the molecule is CC#CC(=O)N(c1ccc2c(n1)c(C#N)cn2C)c1cc(C)c(Br)cc1C1CC1. The molecular weight excluding hydrogens is 428 g/mol. The number of nitriles is 1. The van der Waals surface area contributed by atoms with Gasteiger partial charge in [-0.3, -0.25) is 9.69 Å². The Hall–Kier alpha value is -3.09. The standard InChI is InChI=1S/C23H19BrN4O/c1-4-5-22(29)28(20-10-14(2)18(24)11-17(20)15-6-7-15)21-9-8-19-23(26-21)16(12-25)13-27(19)3/h8-11,13,15H,6-7H2,1-3H3. The fourth-order valence-corrected chi connectivity index (χ4v) is 3.91. The molecule has 0 spiro atoms. The molecule has 1 aliphatic rings. The Morgan fingerprint density at radius 2 is 2.10 bits per heavy atom. The van der Waals surface area contributed by atoms with Gasteiger partial charge in [0.15, 0.2) is 0 Å². The molecule has 6 heteroatoms. The van der Waals surface area contributed by atoms with E-state index < -0.39 is 0 Å². The van der Waals surface area contributed by atoms with Gasteiger partial charge in [-0.2, -0.15) is 5.26 Å². The highest BCUT2D eigenvalue weighted by Gasteiger charge is 2.31. The first-order chi connectivity index (χ1) is 13.9. The fourth-order valence-electron chi connectivity index (χ4n) is 3.55. The average molecular weight is 447 g/mol. The zero-order chi connectivity index (χ0) is 20.7. The third-order valence-corrected chi connectivity index (χ3v) is 6.02. The third-order valence-electron chi connectivity index (χ3n) is 5.17. The lowest BCUT2D eigenvalue weighted by molar-refractivity contribution is -0.112. The minimum Gasteiger partial charge on any atom is -0.348 e. The molecule has 0 N–H and O–H groups in total. The number of benzene rings is 1. The first kappa shape index (κ1) is 19.2. The first-order valence-corrected chi connectivity index (χ1v) is 10.2. The predicted octanol–water partition coefficient (Wildman–Crippen LogP) is 5.08. The second kappa shape index (κ2) is 7.39. The number of nitrogens with zero attached hydrogens (tertiary/aromatic N) is 4. The number of hydrogen-bond donors (Lipinski definition) is 0. The van der Waals surface area contributed by atoms with Gasteiger partial charge in [-0.05, 0) is 73.9 Å². The smallest absolute Gasteiger partial charge is 0.308 e. The van der Waals surface area contributed by atoms with Gasteiger partial charge in [-0.15, -0.1) is 0 Å². The van der Waals surface area contributed by atoms with E-state index in [1.165, 1.54) is 0 Å². The summed E-state index contributed by atoms with van der Waals surface area (Å²) in [5.74, 6) is 5.93. The molecule has 144 valence electrons. The zero-order valence-corrected chi connectivity index (χ0v) is 18.0. The molecule has 1 fully saturated rings. The largest absolute Gasteiger partial charge is 0.348 e. The van der Waals surface area contributed by atoms with Crippen LogP contribution in [0, 0.1) is 30.1 Å². The summed E-state index contributed by atoms with van der Waals surface area (Å²) >= 11 is 3.62. The zero-order valence-electron chi connectivity index (χ0n) is 16.5. The van der Waals surface area contributed by atoms with Crippen molar-refractivity contribution in [3.05, 3.63) is 51.6 Å². The minimum atomic E-state index is -0.336. The Bertz CT molecular complexity index is 1250. The van der Waals surface area contributed by atoms with Gasteiger partial charge in [-0.1, -0.05) is 21.9 Å². The number of carbonyl (C=O) groups excluding carboxylic acids is 1. The lowest BCUT2D eigenvalue weighted by Crippen LogP contribution is -2.26. The van der Waals surface area contributed by atoms with Crippen molar-refractivity contribution in [2.75, 3.05) is 4.90 Å². The topological polar surface area (TPSA) is 61.9 Å². The number of rotatable bonds is 3. The van der Waals surface area contributed by atoms with Crippen LogP contribution in [0.1, 0.15) is 42.4 Å². The van der Waals surface area contributed by atoms with E-state index in [0.717, 1.165) is 39.6 Å². The van der Waals surface area contributed by atoms with Crippen molar-refractivity contribution in [1.82, 2.24) is 9.55 Å². The van der Waals surface area contributed by atoms with Crippen molar-refractivity contribution in [1.29, 1.82) is 5.26 Å². The molecule has 1 amide bonds. The van der Waals surface area contributed by atoms with Gasteiger partial charge < -0.3 is 4.57 Å². The van der Waals surface area contributed by atoms with Gasteiger partial charge in [0.1, 0.15) is 17.4 Å². The normalized spacial score (nSPS) is 12.9. The van der Waals surface area contributed by atoms with Gasteiger partial charge in [0.05, 0.1) is 16.8 Å². The van der Waals surface area contributed by atoms with Crippen molar-refractivity contribution in [3.63, 3.8) is 0 Å². The lowest BCUT2D eigenvalue weighted by Gasteiger charge is -2.24. The summed E-state index contributed by atoms with van der Waals surface area (Å²) in [6, 6.07) is 10.00. The summed E-state index contributed by atoms with van der Waals surface area (Å²) in [4.78, 5) is 19.3. The fraction of sp³-hybridized carbons (Fsp3) is 0.261. The molecule has 0 radical (unpaired) electrons. The molecule has 5 nitrogen and oxygen atoms in total. The van der Waals surface area contributed by atoms with Gasteiger partial charge >= 0.3 is 5.91 Å². The van der Waals surface area contributed by atoms with Crippen LogP contribution in [0.2, 0.25) is 0 Å². The summed E-state index contributed by atoms with van der Waals surface area (Å²) in [7, 11) is 1.87. The summed E-state index contributed by atoms with van der Waals surface area (Å²) in [5, 5.41) is 9.47. The highest BCUT2D eigenvalue weighted by Crippen LogP contribution is 2.47. The molecule has 29 heavy (non-hydrogen) atoms. The highest BCUT2D eigenvalue weighted by atomic mass is 79.9. The summed E-state index contributed by atoms with van der Waals surface area (Å²) in [6.07, 6.45) is 3.96. The van der Waals surface area contributed by atoms with E-state index in [2.05, 4.69) is 39.9 Å². The van der Waals surface area contributed by atoms with Crippen molar-refractivity contribution < 1.29 is 4.79 Å². The monoisotopic (exact) mass is 446 g/mol. The third kappa shape index (κ3) is 3.41. The molecule has 0 bridgehead atoms. The second-order valence-electron chi connectivity index (χ2n) is 7.25. The van der Waals surface area contributed by atoms with Crippen LogP contribution in [-0.4, -0.2) is 15.5 Å². The van der Waals surface area contributed by atoms with Crippen LogP contribution in [0.3, 0.4) is 0 Å². The number of anilines is 2. The molecule has 0 unspecified atom stereocenters. The van der Waals surface area contributed by atoms with Crippen LogP contribution >= 0.6 is 15.9 Å². The second-order valence-corrected chi connectivity index (χ2v) is 8.11. The molecule has 1 saturated carbocycles. The Morgan fingerprint density at radius 3 is 2.76 bits per heavy atom. The molecule has 2 aromatic heterocycles. The Labute approximate surface area is 178 Å². The minimum absolute atomic E-state index is 0.336. The number of hydrogen-bond acceptors (Lipinski definition) is 3. The quantitative estimate of drug-likeness (QED) is 0.526. The molecule has 1 aliphatic carbocycles. The van der Waals surface area contributed by atoms with Crippen LogP contribution < -0.4 is 4.90 Å². The lowest BCUT2D eigenvalue weighted by atomic mass is 10.0. The van der Waals surface area contributed by atoms with E-state index in [0.29, 0.717) is 22.8 Å². The predicted molar refractivity (Wildman–Crippen MR) is 117 cm³/mol. The van der Waals surface area contributed by atoms with Crippen LogP contribution in [0.15, 0.2) is 34.9 Å². The molecule has 3 aromatic rings. The van der Waals surface area contributed by atoms with Crippen molar-refractivity contribution in [2.24, 2.45) is 7.05 Å². The van der Waals surface area contributed by atoms with E-state index in [4.69, 9.17) is 4.98 Å². The van der Waals surface area contributed by atoms with E-state index in [1.54, 1.807) is 18.0 Å². The Balaban J connectivity index is 1.96. The molecular formula is C23H19BrN4O. The number of pyridine rings is 1. The molecule has 1 aromatic carbocycles. The first-order valence-electron chi connectivity index (χ1n) is 9.37. The highest BCUT2D eigenvalue weighted by molar-refractivity contribution is 9.10. The van der Waals surface area contributed by atoms with Gasteiger partial charge in [-0.25, -0.2) is 4.98 Å². The maximum atomic E-state index is 13.1. The summed E-state index contributed by atoms with van der Waals surface area (Å²) in [5.41, 5.74) is 4.86. The maximum absolute atomic E-state index is 13.1. The van der Waals surface area contributed by atoms with E-state index in [9.17, 15) is 10.1 Å². The molecule has 4 rings (SSSR count). The van der Waals surface area contributed by atoms with Crippen molar-refractivity contribution in [3.8, 4) is 17.9 Å². The van der Waals surface area contributed by atoms with Crippen LogP contribution in [0.5, 0.6) is 0 Å². The summed E-state index contributed by atoms with van der Waals surface area (Å²) in [6.45, 7) is 3.65. The van der Waals surface area contributed by atoms with Crippen LogP contribution in [0.4, 0.5) is 11.5 Å². The number of amides is 1. The van der Waals surface area contributed by atoms with E-state index in [-0.39, 0.29) is 5.91 Å². The van der Waals surface area contributed by atoms with Crippen LogP contribution in [0.25, 0.3) is 11.0 Å². The molecule has 2 heterocycles. The Kier molecular flexibility index (Phi) is 4.90. The number of halogens is 1. The molecule has 0 aliphatic heterocycles. The number of aromatic nitrogens is 2. The van der Waals surface area contributed by atoms with E-state index >= 15 is 0 Å². The van der Waals surface area contributed by atoms with E-state index in [1.807, 2.05) is 36.7 Å². The van der Waals surface area contributed by atoms with Crippen LogP contribution in [-0.2, 0) is 11.8 Å². The summed E-state index contributed by atoms with van der Waals surface area (Å²) < 4.78 is 2.89. The van der Waals surface area contributed by atoms with Gasteiger partial charge in [0, 0.05) is 17.7 Å². The number of aryl methyl sites for hydroxylation is 2.